The largest absolute Gasteiger partial charge is 0.444 e. The van der Waals surface area contributed by atoms with Gasteiger partial charge in [-0.1, -0.05) is 324 Å². The van der Waals surface area contributed by atoms with Crippen LogP contribution in [0.5, 0.6) is 0 Å². The number of ether oxygens (including phenoxy) is 1. The van der Waals surface area contributed by atoms with E-state index in [1.54, 1.807) is 0 Å². The number of benzene rings is 8. The van der Waals surface area contributed by atoms with E-state index in [0.717, 1.165) is 48.8 Å². The van der Waals surface area contributed by atoms with Gasteiger partial charge < -0.3 is 4.74 Å². The first kappa shape index (κ1) is 73.7. The second-order valence-corrected chi connectivity index (χ2v) is 35.3. The second-order valence-electron chi connectivity index (χ2n) is 34.5. The molecule has 1 N–H and O–H groups in total. The monoisotopic (exact) mass is 1390 g/mol. The third-order valence-corrected chi connectivity index (χ3v) is 25.6. The molecule has 4 aliphatic rings. The van der Waals surface area contributed by atoms with E-state index >= 15 is 0 Å². The minimum atomic E-state index is -0.598. The van der Waals surface area contributed by atoms with Crippen LogP contribution in [0.2, 0.25) is 0 Å². The van der Waals surface area contributed by atoms with Crippen molar-refractivity contribution in [3.8, 4) is 44.5 Å². The van der Waals surface area contributed by atoms with Gasteiger partial charge in [0.25, 0.3) is 0 Å². The third kappa shape index (κ3) is 13.6. The first-order valence-corrected chi connectivity index (χ1v) is 39.6. The topological polar surface area (TPSA) is 38.3 Å². The number of amides is 1. The minimum Gasteiger partial charge on any atom is -0.444 e. The zero-order valence-corrected chi connectivity index (χ0v) is 65.9. The summed E-state index contributed by atoms with van der Waals surface area (Å²) in [7, 11) is 0. The first-order chi connectivity index (χ1) is 47.1. The van der Waals surface area contributed by atoms with Crippen LogP contribution in [0.1, 0.15) is 301 Å². The molecule has 4 atom stereocenters. The number of carbonyl (C=O) groups is 1. The Hall–Kier alpha value is -6.49. The number of rotatable bonds is 25. The van der Waals surface area contributed by atoms with Gasteiger partial charge in [-0.25, -0.2) is 4.79 Å². The van der Waals surface area contributed by atoms with Crippen molar-refractivity contribution in [1.29, 1.82) is 0 Å². The van der Waals surface area contributed by atoms with Gasteiger partial charge in [0.05, 0.1) is 16.5 Å². The van der Waals surface area contributed by atoms with Gasteiger partial charge in [-0.15, -0.1) is 0 Å². The summed E-state index contributed by atoms with van der Waals surface area (Å²) in [5.74, 6) is 2.91. The zero-order chi connectivity index (χ0) is 71.2. The molecule has 1 amide bonds. The average Bonchev–Trinajstić information content (AvgIpc) is 1.51. The van der Waals surface area contributed by atoms with Crippen molar-refractivity contribution in [1.82, 2.24) is 0 Å². The summed E-state index contributed by atoms with van der Waals surface area (Å²) in [6.07, 6.45) is 19.0. The van der Waals surface area contributed by atoms with E-state index in [1.165, 1.54) is 187 Å². The molecule has 524 valence electrons. The van der Waals surface area contributed by atoms with E-state index in [2.05, 4.69) is 284 Å². The maximum atomic E-state index is 13.3. The molecule has 0 heterocycles. The van der Waals surface area contributed by atoms with Crippen molar-refractivity contribution in [2.45, 2.75) is 272 Å². The maximum Gasteiger partial charge on any atom is 0.412 e. The molecule has 4 aliphatic carbocycles. The standard InChI is InChI=1S/C50H65NO2.C45H55Br/c1-12-48(10,29-17-19-33(3)4)35-25-27-37-38-28-26-36(49(11,13-2)30-18-20-34(5)6)32-43(38)50(42(37)31-35)40-22-15-14-21-39(40)45-41(50)23-16-24-44(45)51-46(52)53-47(7,8)9;1-9-43(7,26-14-16-30(3)4)32-22-24-34-35-25-23-33(44(8,10-2)27-15-17-31(5)6)29-40(35)45(39(34)28-32)37-19-12-11-18-36(37)42-38(45)20-13-21-41(42)46/h14-16,21-28,31-34H,12-13,17-20,29-30H2,1-11H3,(H,51,52);11-13,18-25,28-31H,9-10,14-17,26-27H2,1-8H3. The Morgan fingerprint density at radius 3 is 1.00 bits per heavy atom. The van der Waals surface area contributed by atoms with Crippen LogP contribution in [0.25, 0.3) is 44.5 Å². The van der Waals surface area contributed by atoms with Gasteiger partial charge >= 0.3 is 6.09 Å². The van der Waals surface area contributed by atoms with Crippen molar-refractivity contribution in [3.63, 3.8) is 0 Å². The van der Waals surface area contributed by atoms with Gasteiger partial charge in [0.1, 0.15) is 5.60 Å². The number of carbonyl (C=O) groups excluding carboxylic acids is 1. The Bertz CT molecular complexity index is 4070. The highest BCUT2D eigenvalue weighted by Gasteiger charge is 2.55. The lowest BCUT2D eigenvalue weighted by Gasteiger charge is -2.35. The molecule has 0 bridgehead atoms. The fourth-order valence-corrected chi connectivity index (χ4v) is 18.7. The van der Waals surface area contributed by atoms with Crippen LogP contribution in [-0.2, 0) is 37.2 Å². The smallest absolute Gasteiger partial charge is 0.412 e. The van der Waals surface area contributed by atoms with Crippen molar-refractivity contribution in [2.75, 3.05) is 5.32 Å². The van der Waals surface area contributed by atoms with Gasteiger partial charge in [0, 0.05) is 15.6 Å². The minimum absolute atomic E-state index is 0.0727. The molecule has 4 heteroatoms. The third-order valence-electron chi connectivity index (χ3n) is 24.9. The van der Waals surface area contributed by atoms with Crippen LogP contribution < -0.4 is 5.32 Å². The number of fused-ring (bicyclic) bond motifs is 20. The Morgan fingerprint density at radius 2 is 0.677 bits per heavy atom. The molecular weight excluding hydrogens is 1270 g/mol. The van der Waals surface area contributed by atoms with Crippen LogP contribution >= 0.6 is 15.9 Å². The Labute approximate surface area is 608 Å². The lowest BCUT2D eigenvalue weighted by Crippen LogP contribution is -2.29. The average molecular weight is 1390 g/mol. The number of hydrogen-bond donors (Lipinski definition) is 1. The van der Waals surface area contributed by atoms with E-state index in [4.69, 9.17) is 4.74 Å². The molecule has 8 aromatic rings. The second kappa shape index (κ2) is 29.1. The maximum absolute atomic E-state index is 13.3. The molecule has 0 aromatic heterocycles. The van der Waals surface area contributed by atoms with Gasteiger partial charge in [-0.3, -0.25) is 5.32 Å². The Balaban J connectivity index is 0.000000202. The fourth-order valence-electron chi connectivity index (χ4n) is 18.1. The Morgan fingerprint density at radius 1 is 0.374 bits per heavy atom. The highest BCUT2D eigenvalue weighted by molar-refractivity contribution is 9.10. The SMILES string of the molecule is CCC(C)(CCCC(C)C)c1ccc2c(c1)C1(c3cc(C(C)(CC)CCCC(C)C)ccc3-2)c2ccccc2-c2c(Br)cccc21.CCC(C)(CCCC(C)C)c1ccc2c(c1)C1(c3cc(C(C)(CC)CCCC(C)C)ccc3-2)c2ccccc2-c2c(NC(=O)OC(C)(C)C)cccc21. The summed E-state index contributed by atoms with van der Waals surface area (Å²) < 4.78 is 6.98. The lowest BCUT2D eigenvalue weighted by molar-refractivity contribution is 0.0636. The Kier molecular flexibility index (Phi) is 21.7. The summed E-state index contributed by atoms with van der Waals surface area (Å²) in [5.41, 5.74) is 27.2. The predicted octanol–water partition coefficient (Wildman–Crippen LogP) is 28.1. The summed E-state index contributed by atoms with van der Waals surface area (Å²) in [6.45, 7) is 44.0. The van der Waals surface area contributed by atoms with Crippen LogP contribution in [0, 0.1) is 23.7 Å². The summed E-state index contributed by atoms with van der Waals surface area (Å²) >= 11 is 4.02. The molecule has 0 aliphatic heterocycles. The van der Waals surface area contributed by atoms with Crippen LogP contribution in [0.3, 0.4) is 0 Å². The number of hydrogen-bond acceptors (Lipinski definition) is 2. The molecule has 3 nitrogen and oxygen atoms in total. The highest BCUT2D eigenvalue weighted by Crippen LogP contribution is 2.67. The molecule has 4 unspecified atom stereocenters. The van der Waals surface area contributed by atoms with Crippen LogP contribution in [0.4, 0.5) is 10.5 Å². The number of halogens is 1. The van der Waals surface area contributed by atoms with Crippen molar-refractivity contribution in [3.05, 3.63) is 229 Å². The van der Waals surface area contributed by atoms with Crippen molar-refractivity contribution < 1.29 is 9.53 Å². The van der Waals surface area contributed by atoms with Gasteiger partial charge in [-0.2, -0.15) is 0 Å². The molecule has 2 spiro atoms. The summed E-state index contributed by atoms with van der Waals surface area (Å²) in [5, 5.41) is 3.19. The van der Waals surface area contributed by atoms with Gasteiger partial charge in [0.2, 0.25) is 0 Å². The molecule has 8 aromatic carbocycles. The van der Waals surface area contributed by atoms with E-state index in [9.17, 15) is 4.79 Å². The van der Waals surface area contributed by atoms with E-state index in [-0.39, 0.29) is 27.1 Å². The van der Waals surface area contributed by atoms with Crippen LogP contribution in [0.15, 0.2) is 162 Å². The molecule has 0 saturated carbocycles. The molecule has 0 saturated heterocycles. The van der Waals surface area contributed by atoms with Crippen molar-refractivity contribution in [2.24, 2.45) is 23.7 Å². The van der Waals surface area contributed by atoms with Crippen LogP contribution in [-0.4, -0.2) is 11.7 Å². The number of nitrogens with one attached hydrogen (secondary N) is 1. The fraction of sp³-hybridized carbons (Fsp3) is 0.484. The van der Waals surface area contributed by atoms with Gasteiger partial charge in [0.15, 0.2) is 0 Å². The predicted molar refractivity (Wildman–Crippen MR) is 428 cm³/mol. The zero-order valence-electron chi connectivity index (χ0n) is 64.3. The quantitative estimate of drug-likeness (QED) is 0.0619. The highest BCUT2D eigenvalue weighted by atomic mass is 79.9. The van der Waals surface area contributed by atoms with Gasteiger partial charge in [-0.05, 0) is 230 Å². The molecule has 99 heavy (non-hydrogen) atoms. The van der Waals surface area contributed by atoms with Crippen molar-refractivity contribution >= 4 is 27.7 Å². The number of anilines is 1. The lowest BCUT2D eigenvalue weighted by atomic mass is 9.67. The van der Waals surface area contributed by atoms with E-state index in [1.807, 2.05) is 26.8 Å². The van der Waals surface area contributed by atoms with E-state index < -0.39 is 17.1 Å². The molecule has 0 radical (unpaired) electrons. The molecule has 0 fully saturated rings. The van der Waals surface area contributed by atoms with E-state index in [0.29, 0.717) is 11.8 Å². The first-order valence-electron chi connectivity index (χ1n) is 38.8. The molecule has 12 rings (SSSR count). The molecular formula is C95H120BrNO2. The summed E-state index contributed by atoms with van der Waals surface area (Å²) in [4.78, 5) is 13.3. The normalized spacial score (nSPS) is 18.3. The summed E-state index contributed by atoms with van der Waals surface area (Å²) in [6, 6.07) is 61.6.